The van der Waals surface area contributed by atoms with Gasteiger partial charge in [-0.1, -0.05) is 6.92 Å². The first-order chi connectivity index (χ1) is 11.9. The highest BCUT2D eigenvalue weighted by Crippen LogP contribution is 2.14. The molecule has 0 saturated carbocycles. The molecule has 0 atom stereocenters. The van der Waals surface area contributed by atoms with Crippen molar-refractivity contribution in [2.75, 3.05) is 11.9 Å². The maximum absolute atomic E-state index is 12.1. The van der Waals surface area contributed by atoms with Gasteiger partial charge in [-0.3, -0.25) is 14.3 Å². The van der Waals surface area contributed by atoms with Crippen LogP contribution < -0.4 is 10.6 Å². The zero-order chi connectivity index (χ0) is 18.4. The van der Waals surface area contributed by atoms with Crippen molar-refractivity contribution in [3.63, 3.8) is 0 Å². The van der Waals surface area contributed by atoms with Crippen LogP contribution in [0.3, 0.4) is 0 Å². The Morgan fingerprint density at radius 1 is 1.28 bits per heavy atom. The molecule has 25 heavy (non-hydrogen) atoms. The molecule has 2 aromatic rings. The third-order valence-electron chi connectivity index (χ3n) is 3.23. The molecule has 0 spiro atoms. The Morgan fingerprint density at radius 2 is 2.04 bits per heavy atom. The maximum atomic E-state index is 12.1. The molecule has 134 valence electrons. The van der Waals surface area contributed by atoms with Gasteiger partial charge in [0.25, 0.3) is 5.91 Å². The number of amides is 2. The number of carbonyl (C=O) groups excluding carboxylic acids is 2. The summed E-state index contributed by atoms with van der Waals surface area (Å²) in [6.45, 7) is 4.60. The van der Waals surface area contributed by atoms with Crippen LogP contribution in [-0.4, -0.2) is 42.8 Å². The van der Waals surface area contributed by atoms with E-state index in [1.165, 1.54) is 16.9 Å². The summed E-state index contributed by atoms with van der Waals surface area (Å²) >= 11 is 0. The predicted octanol–water partition coefficient (Wildman–Crippen LogP) is 0.786. The fourth-order valence-corrected chi connectivity index (χ4v) is 2.04. The van der Waals surface area contributed by atoms with Gasteiger partial charge in [0.2, 0.25) is 5.91 Å². The number of nitro groups is 1. The van der Waals surface area contributed by atoms with Gasteiger partial charge in [0.1, 0.15) is 6.54 Å². The average molecular weight is 349 g/mol. The van der Waals surface area contributed by atoms with Gasteiger partial charge in [-0.2, -0.15) is 9.78 Å². The fraction of sp³-hybridized carbons (Fsp3) is 0.429. The lowest BCUT2D eigenvalue weighted by Gasteiger charge is -2.05. The third-order valence-corrected chi connectivity index (χ3v) is 3.23. The first-order valence-electron chi connectivity index (χ1n) is 7.78. The summed E-state index contributed by atoms with van der Waals surface area (Å²) in [5, 5.41) is 23.7. The molecule has 2 rings (SSSR count). The molecule has 0 aromatic carbocycles. The minimum Gasteiger partial charge on any atom is -0.358 e. The molecule has 2 amide bonds. The second-order valence-electron chi connectivity index (χ2n) is 5.18. The molecule has 0 unspecified atom stereocenters. The molecule has 0 aliphatic carbocycles. The number of anilines is 1. The van der Waals surface area contributed by atoms with E-state index >= 15 is 0 Å². The Kier molecular flexibility index (Phi) is 5.82. The second-order valence-corrected chi connectivity index (χ2v) is 5.18. The summed E-state index contributed by atoms with van der Waals surface area (Å²) in [5.41, 5.74) is 0.400. The molecule has 2 aromatic heterocycles. The number of aryl methyl sites for hydroxylation is 1. The highest BCUT2D eigenvalue weighted by molar-refractivity contribution is 6.02. The molecule has 0 bridgehead atoms. The molecular weight excluding hydrogens is 330 g/mol. The highest BCUT2D eigenvalue weighted by atomic mass is 16.6. The number of nitrogens with one attached hydrogen (secondary N) is 2. The number of hydrogen-bond acceptors (Lipinski definition) is 6. The quantitative estimate of drug-likeness (QED) is 0.534. The molecule has 11 nitrogen and oxygen atoms in total. The van der Waals surface area contributed by atoms with Crippen LogP contribution in [0.5, 0.6) is 0 Å². The van der Waals surface area contributed by atoms with Gasteiger partial charge >= 0.3 is 5.82 Å². The van der Waals surface area contributed by atoms with Crippen molar-refractivity contribution in [2.24, 2.45) is 0 Å². The van der Waals surface area contributed by atoms with Gasteiger partial charge in [0.15, 0.2) is 5.69 Å². The molecule has 0 aliphatic rings. The van der Waals surface area contributed by atoms with Crippen LogP contribution >= 0.6 is 0 Å². The lowest BCUT2D eigenvalue weighted by Crippen LogP contribution is -2.26. The number of rotatable bonds is 8. The first kappa shape index (κ1) is 18.1. The summed E-state index contributed by atoms with van der Waals surface area (Å²) in [5.74, 6) is -1.19. The molecular formula is C14H19N7O4. The normalized spacial score (nSPS) is 10.5. The molecule has 0 saturated heterocycles. The van der Waals surface area contributed by atoms with Crippen LogP contribution in [-0.2, 0) is 17.9 Å². The standard InChI is InChI=1S/C14H19N7O4/c1-3-6-15-14(23)13-10(8-19(4-2)18-13)16-12(22)9-20-7-5-11(17-20)21(24)25/h5,7-8H,3-4,6,9H2,1-2H3,(H,15,23)(H,16,22). The van der Waals surface area contributed by atoms with E-state index in [4.69, 9.17) is 0 Å². The minimum atomic E-state index is -0.643. The van der Waals surface area contributed by atoms with E-state index in [0.29, 0.717) is 13.1 Å². The predicted molar refractivity (Wildman–Crippen MR) is 88.0 cm³/mol. The fourth-order valence-electron chi connectivity index (χ4n) is 2.04. The van der Waals surface area contributed by atoms with Crippen LogP contribution in [0.25, 0.3) is 0 Å². The Morgan fingerprint density at radius 3 is 2.64 bits per heavy atom. The van der Waals surface area contributed by atoms with Gasteiger partial charge in [-0.15, -0.1) is 0 Å². The van der Waals surface area contributed by atoms with Crippen molar-refractivity contribution in [3.05, 3.63) is 34.3 Å². The van der Waals surface area contributed by atoms with E-state index in [1.807, 2.05) is 13.8 Å². The Hall–Kier alpha value is -3.24. The number of nitrogens with zero attached hydrogens (tertiary/aromatic N) is 5. The van der Waals surface area contributed by atoms with Crippen LogP contribution in [0.4, 0.5) is 11.5 Å². The monoisotopic (exact) mass is 349 g/mol. The van der Waals surface area contributed by atoms with E-state index in [9.17, 15) is 19.7 Å². The van der Waals surface area contributed by atoms with Crippen molar-refractivity contribution in [2.45, 2.75) is 33.4 Å². The van der Waals surface area contributed by atoms with Crippen LogP contribution in [0.15, 0.2) is 18.5 Å². The number of carbonyl (C=O) groups is 2. The second kappa shape index (κ2) is 8.04. The SMILES string of the molecule is CCCNC(=O)c1nn(CC)cc1NC(=O)Cn1ccc([N+](=O)[O-])n1. The molecule has 2 N–H and O–H groups in total. The Balaban J connectivity index is 2.09. The van der Waals surface area contributed by atoms with Crippen LogP contribution in [0.1, 0.15) is 30.8 Å². The largest absolute Gasteiger partial charge is 0.389 e. The van der Waals surface area contributed by atoms with Crippen molar-refractivity contribution >= 4 is 23.3 Å². The Labute approximate surface area is 143 Å². The highest BCUT2D eigenvalue weighted by Gasteiger charge is 2.19. The summed E-state index contributed by atoms with van der Waals surface area (Å²) in [6.07, 6.45) is 3.67. The van der Waals surface area contributed by atoms with E-state index in [0.717, 1.165) is 11.1 Å². The third kappa shape index (κ3) is 4.62. The molecule has 11 heteroatoms. The van der Waals surface area contributed by atoms with Crippen molar-refractivity contribution in [1.82, 2.24) is 24.9 Å². The maximum Gasteiger partial charge on any atom is 0.389 e. The molecule has 0 aliphatic heterocycles. The summed E-state index contributed by atoms with van der Waals surface area (Å²) < 4.78 is 2.68. The minimum absolute atomic E-state index is 0.120. The molecule has 0 fully saturated rings. The van der Waals surface area contributed by atoms with E-state index in [2.05, 4.69) is 20.8 Å². The van der Waals surface area contributed by atoms with E-state index in [1.54, 1.807) is 6.20 Å². The van der Waals surface area contributed by atoms with Gasteiger partial charge in [-0.25, -0.2) is 0 Å². The first-order valence-corrected chi connectivity index (χ1v) is 7.78. The van der Waals surface area contributed by atoms with Crippen LogP contribution in [0.2, 0.25) is 0 Å². The zero-order valence-electron chi connectivity index (χ0n) is 13.9. The van der Waals surface area contributed by atoms with Crippen molar-refractivity contribution < 1.29 is 14.5 Å². The smallest absolute Gasteiger partial charge is 0.358 e. The lowest BCUT2D eigenvalue weighted by atomic mass is 10.3. The van der Waals surface area contributed by atoms with Gasteiger partial charge in [0.05, 0.1) is 23.0 Å². The molecule has 0 radical (unpaired) electrons. The van der Waals surface area contributed by atoms with Gasteiger partial charge in [0, 0.05) is 19.3 Å². The Bertz CT molecular complexity index is 780. The zero-order valence-corrected chi connectivity index (χ0v) is 13.9. The van der Waals surface area contributed by atoms with Crippen molar-refractivity contribution in [3.8, 4) is 0 Å². The van der Waals surface area contributed by atoms with Gasteiger partial charge in [-0.05, 0) is 18.3 Å². The topological polar surface area (TPSA) is 137 Å². The van der Waals surface area contributed by atoms with E-state index < -0.39 is 10.8 Å². The van der Waals surface area contributed by atoms with Crippen LogP contribution in [0, 0.1) is 10.1 Å². The number of hydrogen-bond donors (Lipinski definition) is 2. The van der Waals surface area contributed by atoms with Gasteiger partial charge < -0.3 is 20.7 Å². The number of aromatic nitrogens is 4. The summed E-state index contributed by atoms with van der Waals surface area (Å²) in [7, 11) is 0. The van der Waals surface area contributed by atoms with E-state index in [-0.39, 0.29) is 29.7 Å². The van der Waals surface area contributed by atoms with Crippen molar-refractivity contribution in [1.29, 1.82) is 0 Å². The lowest BCUT2D eigenvalue weighted by molar-refractivity contribution is -0.389. The summed E-state index contributed by atoms with van der Waals surface area (Å²) in [6, 6.07) is 1.20. The summed E-state index contributed by atoms with van der Waals surface area (Å²) in [4.78, 5) is 34.2. The average Bonchev–Trinajstić information content (AvgIpc) is 3.19. The molecule has 2 heterocycles.